The van der Waals surface area contributed by atoms with Gasteiger partial charge in [0.05, 0.1) is 18.2 Å². The fourth-order valence-corrected chi connectivity index (χ4v) is 2.65. The van der Waals surface area contributed by atoms with Crippen LogP contribution < -0.4 is 5.32 Å². The summed E-state index contributed by atoms with van der Waals surface area (Å²) in [5.41, 5.74) is 2.17. The number of carbonyl (C=O) groups is 1. The summed E-state index contributed by atoms with van der Waals surface area (Å²) in [7, 11) is 0. The van der Waals surface area contributed by atoms with Crippen molar-refractivity contribution in [2.45, 2.75) is 19.6 Å². The highest BCUT2D eigenvalue weighted by molar-refractivity contribution is 6.30. The van der Waals surface area contributed by atoms with Gasteiger partial charge in [-0.25, -0.2) is 0 Å². The summed E-state index contributed by atoms with van der Waals surface area (Å²) < 4.78 is 5.02. The minimum Gasteiger partial charge on any atom is -0.391 e. The second-order valence-corrected chi connectivity index (χ2v) is 5.90. The van der Waals surface area contributed by atoms with Crippen molar-refractivity contribution in [3.8, 4) is 0 Å². The van der Waals surface area contributed by atoms with Crippen LogP contribution in [-0.2, 0) is 6.61 Å². The van der Waals surface area contributed by atoms with E-state index < -0.39 is 11.9 Å². The molecule has 0 aliphatic rings. The van der Waals surface area contributed by atoms with Crippen molar-refractivity contribution in [2.24, 2.45) is 0 Å². The molecule has 0 spiro atoms. The molecule has 0 saturated carbocycles. The first-order chi connectivity index (χ1) is 12.1. The van der Waals surface area contributed by atoms with Crippen molar-refractivity contribution in [3.05, 3.63) is 82.0 Å². The molecular weight excluding hydrogens is 342 g/mol. The Morgan fingerprint density at radius 2 is 1.84 bits per heavy atom. The maximum Gasteiger partial charge on any atom is 0.274 e. The normalized spacial score (nSPS) is 12.0. The van der Waals surface area contributed by atoms with Gasteiger partial charge in [0.25, 0.3) is 5.91 Å². The van der Waals surface area contributed by atoms with Crippen LogP contribution >= 0.6 is 11.6 Å². The lowest BCUT2D eigenvalue weighted by atomic mass is 9.99. The molecule has 2 heterocycles. The van der Waals surface area contributed by atoms with Crippen molar-refractivity contribution in [1.82, 2.24) is 15.5 Å². The van der Waals surface area contributed by atoms with Crippen LogP contribution in [-0.4, -0.2) is 21.2 Å². The van der Waals surface area contributed by atoms with Gasteiger partial charge in [0.2, 0.25) is 0 Å². The predicted molar refractivity (Wildman–Crippen MR) is 92.2 cm³/mol. The maximum atomic E-state index is 12.7. The molecule has 0 aliphatic carbocycles. The summed E-state index contributed by atoms with van der Waals surface area (Å²) in [6.07, 6.45) is 3.31. The number of nitrogens with one attached hydrogen (secondary N) is 1. The largest absolute Gasteiger partial charge is 0.391 e. The number of hydrogen-bond acceptors (Lipinski definition) is 5. The summed E-state index contributed by atoms with van der Waals surface area (Å²) in [6, 6.07) is 10.4. The van der Waals surface area contributed by atoms with Crippen LogP contribution in [0.1, 0.15) is 39.0 Å². The van der Waals surface area contributed by atoms with Crippen molar-refractivity contribution in [3.63, 3.8) is 0 Å². The lowest BCUT2D eigenvalue weighted by molar-refractivity contribution is 0.0931. The zero-order valence-corrected chi connectivity index (χ0v) is 14.2. The van der Waals surface area contributed by atoms with Gasteiger partial charge >= 0.3 is 0 Å². The molecule has 0 saturated heterocycles. The number of aromatic nitrogens is 2. The maximum absolute atomic E-state index is 12.7. The molecule has 1 unspecified atom stereocenters. The Bertz CT molecular complexity index is 863. The zero-order chi connectivity index (χ0) is 17.8. The number of aryl methyl sites for hydroxylation is 1. The minimum atomic E-state index is -0.433. The number of rotatable bonds is 5. The molecule has 25 heavy (non-hydrogen) atoms. The third-order valence-corrected chi connectivity index (χ3v) is 4.13. The number of amides is 1. The molecule has 128 valence electrons. The summed E-state index contributed by atoms with van der Waals surface area (Å²) >= 11 is 5.96. The average Bonchev–Trinajstić information content (AvgIpc) is 3.02. The van der Waals surface area contributed by atoms with Crippen LogP contribution in [0, 0.1) is 6.92 Å². The van der Waals surface area contributed by atoms with Gasteiger partial charge in [-0.1, -0.05) is 28.9 Å². The van der Waals surface area contributed by atoms with E-state index in [4.69, 9.17) is 16.1 Å². The zero-order valence-electron chi connectivity index (χ0n) is 13.4. The highest BCUT2D eigenvalue weighted by Crippen LogP contribution is 2.24. The number of carbonyl (C=O) groups excluding carboxylic acids is 1. The Kier molecular flexibility index (Phi) is 5.11. The van der Waals surface area contributed by atoms with Crippen LogP contribution in [0.4, 0.5) is 0 Å². The molecule has 7 heteroatoms. The average molecular weight is 358 g/mol. The molecule has 0 fully saturated rings. The SMILES string of the molecule is Cc1onc(C(=O)NC(c2ccncc2)c2ccc(Cl)cc2)c1CO. The Balaban J connectivity index is 1.95. The topological polar surface area (TPSA) is 88.3 Å². The summed E-state index contributed by atoms with van der Waals surface area (Å²) in [4.78, 5) is 16.7. The fraction of sp³-hybridized carbons (Fsp3) is 0.167. The second kappa shape index (κ2) is 7.46. The first-order valence-electron chi connectivity index (χ1n) is 7.62. The van der Waals surface area contributed by atoms with E-state index in [1.807, 2.05) is 24.3 Å². The van der Waals surface area contributed by atoms with Crippen LogP contribution in [0.3, 0.4) is 0 Å². The van der Waals surface area contributed by atoms with Crippen LogP contribution in [0.5, 0.6) is 0 Å². The molecule has 1 aromatic carbocycles. The van der Waals surface area contributed by atoms with Crippen LogP contribution in [0.2, 0.25) is 5.02 Å². The number of aliphatic hydroxyl groups excluding tert-OH is 1. The number of aliphatic hydroxyl groups is 1. The second-order valence-electron chi connectivity index (χ2n) is 5.46. The third kappa shape index (κ3) is 3.70. The monoisotopic (exact) mass is 357 g/mol. The molecule has 0 bridgehead atoms. The number of benzene rings is 1. The lowest BCUT2D eigenvalue weighted by Crippen LogP contribution is -2.30. The molecule has 3 rings (SSSR count). The van der Waals surface area contributed by atoms with Crippen LogP contribution in [0.25, 0.3) is 0 Å². The molecule has 6 nitrogen and oxygen atoms in total. The van der Waals surface area contributed by atoms with E-state index in [0.717, 1.165) is 11.1 Å². The standard InChI is InChI=1S/C18H16ClN3O3/c1-11-15(10-23)17(22-25-11)18(24)21-16(13-6-8-20-9-7-13)12-2-4-14(19)5-3-12/h2-9,16,23H,10H2,1H3,(H,21,24). The molecule has 3 aromatic rings. The van der Waals surface area contributed by atoms with Crippen molar-refractivity contribution in [2.75, 3.05) is 0 Å². The number of hydrogen-bond donors (Lipinski definition) is 2. The van der Waals surface area contributed by atoms with Crippen LogP contribution in [0.15, 0.2) is 53.3 Å². The van der Waals surface area contributed by atoms with Gasteiger partial charge < -0.3 is 14.9 Å². The van der Waals surface area contributed by atoms with Gasteiger partial charge in [0.1, 0.15) is 5.76 Å². The van der Waals surface area contributed by atoms with Gasteiger partial charge in [0.15, 0.2) is 5.69 Å². The third-order valence-electron chi connectivity index (χ3n) is 3.88. The van der Waals surface area contributed by atoms with E-state index in [1.165, 1.54) is 0 Å². The first-order valence-corrected chi connectivity index (χ1v) is 8.00. The van der Waals surface area contributed by atoms with E-state index >= 15 is 0 Å². The Labute approximate surface area is 149 Å². The van der Waals surface area contributed by atoms with E-state index in [-0.39, 0.29) is 12.3 Å². The summed E-state index contributed by atoms with van der Waals surface area (Å²) in [5.74, 6) is -0.0164. The van der Waals surface area contributed by atoms with Crippen molar-refractivity contribution in [1.29, 1.82) is 0 Å². The molecule has 1 amide bonds. The smallest absolute Gasteiger partial charge is 0.274 e. The quantitative estimate of drug-likeness (QED) is 0.732. The number of nitrogens with zero attached hydrogens (tertiary/aromatic N) is 2. The van der Waals surface area contributed by atoms with E-state index in [9.17, 15) is 9.90 Å². The minimum absolute atomic E-state index is 0.0769. The highest BCUT2D eigenvalue weighted by Gasteiger charge is 2.23. The number of pyridine rings is 1. The van der Waals surface area contributed by atoms with Crippen molar-refractivity contribution < 1.29 is 14.4 Å². The molecule has 2 N–H and O–H groups in total. The van der Waals surface area contributed by atoms with Gasteiger partial charge in [-0.2, -0.15) is 0 Å². The van der Waals surface area contributed by atoms with E-state index in [1.54, 1.807) is 31.5 Å². The predicted octanol–water partition coefficient (Wildman–Crippen LogP) is 3.04. The molecule has 1 atom stereocenters. The van der Waals surface area contributed by atoms with Gasteiger partial charge in [-0.15, -0.1) is 0 Å². The first kappa shape index (κ1) is 17.1. The molecular formula is C18H16ClN3O3. The van der Waals surface area contributed by atoms with Gasteiger partial charge in [0, 0.05) is 17.4 Å². The molecule has 0 aliphatic heterocycles. The van der Waals surface area contributed by atoms with Gasteiger partial charge in [-0.3, -0.25) is 9.78 Å². The van der Waals surface area contributed by atoms with Crippen molar-refractivity contribution >= 4 is 17.5 Å². The van der Waals surface area contributed by atoms with E-state index in [2.05, 4.69) is 15.5 Å². The fourth-order valence-electron chi connectivity index (χ4n) is 2.53. The Hall–Kier alpha value is -2.70. The molecule has 0 radical (unpaired) electrons. The lowest BCUT2D eigenvalue weighted by Gasteiger charge is -2.19. The highest BCUT2D eigenvalue weighted by atomic mass is 35.5. The Morgan fingerprint density at radius 1 is 1.20 bits per heavy atom. The Morgan fingerprint density at radius 3 is 2.48 bits per heavy atom. The van der Waals surface area contributed by atoms with E-state index in [0.29, 0.717) is 16.3 Å². The summed E-state index contributed by atoms with van der Waals surface area (Å²) in [6.45, 7) is 1.33. The molecule has 2 aromatic heterocycles. The number of halogens is 1. The van der Waals surface area contributed by atoms with Gasteiger partial charge in [-0.05, 0) is 42.3 Å². The summed E-state index contributed by atoms with van der Waals surface area (Å²) in [5, 5.41) is 16.7.